The summed E-state index contributed by atoms with van der Waals surface area (Å²) in [5.74, 6) is 0.389. The van der Waals surface area contributed by atoms with E-state index in [0.29, 0.717) is 17.4 Å². The number of benzene rings is 1. The Morgan fingerprint density at radius 3 is 2.36 bits per heavy atom. The second-order valence-electron chi connectivity index (χ2n) is 10.5. The first-order valence-corrected chi connectivity index (χ1v) is 14.8. The van der Waals surface area contributed by atoms with Gasteiger partial charge in [0.25, 0.3) is 0 Å². The number of allylic oxidation sites excluding steroid dienone is 1. The minimum absolute atomic E-state index is 0.0455. The van der Waals surface area contributed by atoms with Gasteiger partial charge in [0.1, 0.15) is 11.1 Å². The Bertz CT molecular complexity index is 964. The van der Waals surface area contributed by atoms with Gasteiger partial charge in [-0.05, 0) is 55.4 Å². The summed E-state index contributed by atoms with van der Waals surface area (Å²) in [6, 6.07) is 3.74. The number of rotatable bonds is 13. The fraction of sp³-hybridized carbons (Fsp3) is 0.667. The van der Waals surface area contributed by atoms with E-state index in [4.69, 9.17) is 25.4 Å². The average Bonchev–Trinajstić information content (AvgIpc) is 2.77. The van der Waals surface area contributed by atoms with Gasteiger partial charge < -0.3 is 24.0 Å². The minimum atomic E-state index is -3.78. The van der Waals surface area contributed by atoms with E-state index in [0.717, 1.165) is 30.4 Å². The number of nitrogens with zero attached hydrogens (tertiary/aromatic N) is 1. The molecule has 0 radical (unpaired) electrons. The largest absolute Gasteiger partial charge is 0.492 e. The molecule has 0 fully saturated rings. The molecule has 0 aliphatic carbocycles. The van der Waals surface area contributed by atoms with Gasteiger partial charge in [-0.1, -0.05) is 45.7 Å². The third kappa shape index (κ3) is 8.06. The summed E-state index contributed by atoms with van der Waals surface area (Å²) in [5.41, 5.74) is 2.03. The van der Waals surface area contributed by atoms with Crippen molar-refractivity contribution in [3.05, 3.63) is 39.8 Å². The van der Waals surface area contributed by atoms with Gasteiger partial charge in [0.2, 0.25) is 0 Å². The van der Waals surface area contributed by atoms with Gasteiger partial charge in [-0.25, -0.2) is 0 Å². The number of ketones is 1. The lowest BCUT2D eigenvalue weighted by atomic mass is 9.77. The van der Waals surface area contributed by atoms with E-state index >= 15 is 0 Å². The van der Waals surface area contributed by atoms with Gasteiger partial charge >= 0.3 is 7.60 Å². The van der Waals surface area contributed by atoms with Gasteiger partial charge in [0.05, 0.1) is 24.8 Å². The van der Waals surface area contributed by atoms with Crippen molar-refractivity contribution >= 4 is 25.0 Å². The van der Waals surface area contributed by atoms with Gasteiger partial charge in [0.15, 0.2) is 5.78 Å². The van der Waals surface area contributed by atoms with Crippen LogP contribution in [0.5, 0.6) is 5.75 Å². The molecule has 2 rings (SSSR count). The van der Waals surface area contributed by atoms with Crippen molar-refractivity contribution in [1.29, 1.82) is 0 Å². The molecule has 1 heterocycles. The monoisotopic (exact) mass is 542 g/mol. The van der Waals surface area contributed by atoms with E-state index < -0.39 is 7.60 Å². The van der Waals surface area contributed by atoms with Crippen LogP contribution < -0.4 is 10.1 Å². The molecule has 1 aliphatic rings. The highest BCUT2D eigenvalue weighted by atomic mass is 35.5. The first-order valence-electron chi connectivity index (χ1n) is 12.9. The third-order valence-electron chi connectivity index (χ3n) is 6.15. The lowest BCUT2D eigenvalue weighted by Gasteiger charge is -2.40. The van der Waals surface area contributed by atoms with Crippen LogP contribution in [-0.2, 0) is 24.8 Å². The molecule has 2 atom stereocenters. The van der Waals surface area contributed by atoms with Crippen molar-refractivity contribution in [2.75, 3.05) is 33.9 Å². The van der Waals surface area contributed by atoms with E-state index in [1.807, 2.05) is 12.1 Å². The van der Waals surface area contributed by atoms with Crippen LogP contribution in [-0.4, -0.2) is 50.6 Å². The van der Waals surface area contributed by atoms with E-state index in [2.05, 4.69) is 33.0 Å². The van der Waals surface area contributed by atoms with Gasteiger partial charge in [-0.2, -0.15) is 0 Å². The van der Waals surface area contributed by atoms with Crippen LogP contribution in [0.15, 0.2) is 23.6 Å². The van der Waals surface area contributed by atoms with Gasteiger partial charge in [-0.3, -0.25) is 9.36 Å². The molecule has 0 spiro atoms. The smallest absolute Gasteiger partial charge is 0.366 e. The summed E-state index contributed by atoms with van der Waals surface area (Å²) in [4.78, 5) is 15.4. The van der Waals surface area contributed by atoms with Crippen molar-refractivity contribution in [3.63, 3.8) is 0 Å². The fourth-order valence-electron chi connectivity index (χ4n) is 4.23. The highest BCUT2D eigenvalue weighted by Crippen LogP contribution is 2.57. The number of fused-ring (bicyclic) bond motifs is 1. The maximum Gasteiger partial charge on any atom is 0.366 e. The van der Waals surface area contributed by atoms with Crippen LogP contribution in [0.2, 0.25) is 5.02 Å². The third-order valence-corrected chi connectivity index (χ3v) is 8.59. The van der Waals surface area contributed by atoms with E-state index in [1.54, 1.807) is 39.0 Å². The molecular weight excluding hydrogens is 499 g/mol. The van der Waals surface area contributed by atoms with Crippen molar-refractivity contribution in [1.82, 2.24) is 10.2 Å². The van der Waals surface area contributed by atoms with Crippen molar-refractivity contribution < 1.29 is 23.1 Å². The van der Waals surface area contributed by atoms with Crippen molar-refractivity contribution in [3.8, 4) is 5.75 Å². The zero-order valence-electron chi connectivity index (χ0n) is 23.2. The topological polar surface area (TPSA) is 77.1 Å². The Kier molecular flexibility index (Phi) is 11.5. The molecule has 2 unspecified atom stereocenters. The zero-order valence-corrected chi connectivity index (χ0v) is 24.8. The van der Waals surface area contributed by atoms with Gasteiger partial charge in [-0.15, -0.1) is 0 Å². The summed E-state index contributed by atoms with van der Waals surface area (Å²) < 4.78 is 30.6. The number of hydrogen-bond acceptors (Lipinski definition) is 7. The molecule has 0 saturated heterocycles. The molecule has 0 aromatic heterocycles. The summed E-state index contributed by atoms with van der Waals surface area (Å²) >= 11 is 6.61. The molecule has 1 aromatic rings. The first-order chi connectivity index (χ1) is 16.9. The van der Waals surface area contributed by atoms with E-state index in [1.165, 1.54) is 0 Å². The van der Waals surface area contributed by atoms with E-state index in [-0.39, 0.29) is 48.2 Å². The van der Waals surface area contributed by atoms with Crippen LogP contribution in [0.1, 0.15) is 78.0 Å². The van der Waals surface area contributed by atoms with Crippen LogP contribution >= 0.6 is 19.2 Å². The molecule has 0 saturated carbocycles. The summed E-state index contributed by atoms with van der Waals surface area (Å²) in [6.45, 7) is 13.1. The Morgan fingerprint density at radius 1 is 1.19 bits per heavy atom. The predicted molar refractivity (Wildman–Crippen MR) is 147 cm³/mol. The number of carbonyl (C=O) groups is 1. The number of hydrogen-bond donors (Lipinski definition) is 1. The summed E-state index contributed by atoms with van der Waals surface area (Å²) in [6.07, 6.45) is 4.44. The molecular formula is C27H44ClN2O5P. The SMILES string of the molecule is CCCCOc1cc2c(cc1Cl)C(CC(=O)C(=CN(C)C)P(=O)(OCC)OCC)NC(C(C)(C)C)C2. The van der Waals surface area contributed by atoms with Crippen LogP contribution in [0.3, 0.4) is 0 Å². The van der Waals surface area contributed by atoms with E-state index in [9.17, 15) is 9.36 Å². The van der Waals surface area contributed by atoms with Crippen LogP contribution in [0, 0.1) is 5.41 Å². The Hall–Kier alpha value is -1.37. The summed E-state index contributed by atoms with van der Waals surface area (Å²) in [5, 5.41) is 4.25. The molecule has 0 bridgehead atoms. The van der Waals surface area contributed by atoms with Crippen molar-refractivity contribution in [2.45, 2.75) is 79.3 Å². The maximum atomic E-state index is 13.7. The first kappa shape index (κ1) is 30.9. The standard InChI is InChI=1S/C27H44ClN2O5P/c1-9-12-13-33-24-14-19-15-26(27(4,5)6)29-22(20(19)16-21(24)28)17-23(31)25(18-30(7)8)36(32,34-10-2)35-11-3/h14,16,18,22,26,29H,9-13,15,17H2,1-8H3. The minimum Gasteiger partial charge on any atom is -0.492 e. The molecule has 204 valence electrons. The van der Waals surface area contributed by atoms with Gasteiger partial charge in [0, 0.05) is 38.8 Å². The van der Waals surface area contributed by atoms with Crippen molar-refractivity contribution in [2.24, 2.45) is 5.41 Å². The molecule has 0 amide bonds. The molecule has 36 heavy (non-hydrogen) atoms. The second-order valence-corrected chi connectivity index (χ2v) is 12.9. The number of nitrogens with one attached hydrogen (secondary N) is 1. The molecule has 1 aromatic carbocycles. The highest BCUT2D eigenvalue weighted by Gasteiger charge is 2.39. The normalized spacial score (nSPS) is 18.6. The number of carbonyl (C=O) groups excluding carboxylic acids is 1. The molecule has 1 N–H and O–H groups in total. The molecule has 7 nitrogen and oxygen atoms in total. The highest BCUT2D eigenvalue weighted by molar-refractivity contribution is 7.60. The Balaban J connectivity index is 2.48. The Labute approximate surface area is 222 Å². The Morgan fingerprint density at radius 2 is 1.83 bits per heavy atom. The lowest BCUT2D eigenvalue weighted by Crippen LogP contribution is -2.47. The second kappa shape index (κ2) is 13.4. The summed E-state index contributed by atoms with van der Waals surface area (Å²) in [7, 11) is -0.223. The quantitative estimate of drug-likeness (QED) is 0.168. The average molecular weight is 543 g/mol. The predicted octanol–water partition coefficient (Wildman–Crippen LogP) is 6.75. The molecule has 9 heteroatoms. The lowest BCUT2D eigenvalue weighted by molar-refractivity contribution is -0.115. The number of halogens is 1. The van der Waals surface area contributed by atoms with Crippen LogP contribution in [0.4, 0.5) is 0 Å². The molecule has 1 aliphatic heterocycles. The maximum absolute atomic E-state index is 13.7. The number of ether oxygens (including phenoxy) is 1. The zero-order chi connectivity index (χ0) is 27.1. The fourth-order valence-corrected chi connectivity index (χ4v) is 6.26. The number of Topliss-reactive ketones (excluding diaryl/α,β-unsaturated/α-hetero) is 1. The number of unbranched alkanes of at least 4 members (excludes halogenated alkanes) is 1. The van der Waals surface area contributed by atoms with Crippen LogP contribution in [0.25, 0.3) is 0 Å².